The highest BCUT2D eigenvalue weighted by atomic mass is 19.4. The van der Waals surface area contributed by atoms with E-state index in [9.17, 15) is 22.8 Å². The Hall–Kier alpha value is -3.50. The lowest BCUT2D eigenvalue weighted by Crippen LogP contribution is -2.49. The van der Waals surface area contributed by atoms with Gasteiger partial charge in [-0.25, -0.2) is 14.6 Å². The van der Waals surface area contributed by atoms with Crippen molar-refractivity contribution in [3.8, 4) is 0 Å². The number of alkyl halides is 3. The van der Waals surface area contributed by atoms with Crippen molar-refractivity contribution in [2.45, 2.75) is 71.4 Å². The Morgan fingerprint density at radius 2 is 1.77 bits per heavy atom. The third-order valence-electron chi connectivity index (χ3n) is 7.74. The van der Waals surface area contributed by atoms with Gasteiger partial charge in [0, 0.05) is 51.5 Å². The highest BCUT2D eigenvalue weighted by Crippen LogP contribution is 2.38. The molecule has 2 aliphatic heterocycles. The molecule has 11 heteroatoms. The number of carbonyl (C=O) groups is 2. The van der Waals surface area contributed by atoms with Crippen molar-refractivity contribution in [3.63, 3.8) is 0 Å². The number of aromatic nitrogens is 1. The van der Waals surface area contributed by atoms with Gasteiger partial charge in [-0.3, -0.25) is 4.90 Å². The van der Waals surface area contributed by atoms with Crippen molar-refractivity contribution in [2.24, 2.45) is 0 Å². The average molecular weight is 562 g/mol. The van der Waals surface area contributed by atoms with E-state index in [0.717, 1.165) is 41.9 Å². The fraction of sp³-hybridized carbons (Fsp3) is 0.552. The number of aryl methyl sites for hydroxylation is 2. The summed E-state index contributed by atoms with van der Waals surface area (Å²) in [5, 5.41) is 0. The molecule has 0 bridgehead atoms. The first-order chi connectivity index (χ1) is 18.8. The van der Waals surface area contributed by atoms with Gasteiger partial charge in [0.25, 0.3) is 0 Å². The number of cyclic esters (lactones) is 1. The van der Waals surface area contributed by atoms with Crippen LogP contribution in [0.2, 0.25) is 0 Å². The molecule has 0 saturated carbocycles. The number of amides is 3. The molecule has 2 saturated heterocycles. The predicted molar refractivity (Wildman–Crippen MR) is 146 cm³/mol. The summed E-state index contributed by atoms with van der Waals surface area (Å²) in [6, 6.07) is 5.48. The molecule has 218 valence electrons. The topological polar surface area (TPSA) is 69.2 Å². The zero-order valence-electron chi connectivity index (χ0n) is 24.0. The lowest BCUT2D eigenvalue weighted by molar-refractivity contribution is -0.137. The number of likely N-dealkylation sites (tertiary alicyclic amines) is 1. The van der Waals surface area contributed by atoms with E-state index in [1.165, 1.54) is 0 Å². The van der Waals surface area contributed by atoms with Gasteiger partial charge in [0.2, 0.25) is 0 Å². The summed E-state index contributed by atoms with van der Waals surface area (Å²) in [7, 11) is 3.50. The first-order valence-electron chi connectivity index (χ1n) is 13.6. The molecule has 40 heavy (non-hydrogen) atoms. The van der Waals surface area contributed by atoms with Crippen LogP contribution in [0.25, 0.3) is 0 Å². The average Bonchev–Trinajstić information content (AvgIpc) is 3.17. The van der Waals surface area contributed by atoms with Crippen LogP contribution in [0.3, 0.4) is 0 Å². The van der Waals surface area contributed by atoms with Crippen LogP contribution in [-0.2, 0) is 17.5 Å². The minimum Gasteiger partial charge on any atom is -0.439 e. The second-order valence-electron chi connectivity index (χ2n) is 11.0. The highest BCUT2D eigenvalue weighted by Gasteiger charge is 2.42. The van der Waals surface area contributed by atoms with Gasteiger partial charge in [-0.2, -0.15) is 13.2 Å². The summed E-state index contributed by atoms with van der Waals surface area (Å²) in [6.45, 7) is 9.59. The molecule has 0 radical (unpaired) electrons. The van der Waals surface area contributed by atoms with Gasteiger partial charge in [0.05, 0.1) is 18.2 Å². The number of rotatable bonds is 6. The van der Waals surface area contributed by atoms with Gasteiger partial charge in [-0.05, 0) is 69.9 Å². The van der Waals surface area contributed by atoms with Crippen LogP contribution < -0.4 is 4.90 Å². The molecule has 3 amide bonds. The van der Waals surface area contributed by atoms with Crippen molar-refractivity contribution in [2.75, 3.05) is 38.6 Å². The van der Waals surface area contributed by atoms with Crippen LogP contribution in [0, 0.1) is 13.8 Å². The van der Waals surface area contributed by atoms with Crippen LogP contribution in [-0.4, -0.2) is 77.6 Å². The van der Waals surface area contributed by atoms with Gasteiger partial charge < -0.3 is 19.4 Å². The molecule has 2 fully saturated rings. The fourth-order valence-corrected chi connectivity index (χ4v) is 5.71. The molecule has 0 unspecified atom stereocenters. The first-order valence-corrected chi connectivity index (χ1v) is 13.6. The molecule has 8 nitrogen and oxygen atoms in total. The number of benzene rings is 1. The van der Waals surface area contributed by atoms with Gasteiger partial charge >= 0.3 is 18.3 Å². The number of halogens is 3. The Kier molecular flexibility index (Phi) is 8.51. The third kappa shape index (κ3) is 6.13. The second-order valence-corrected chi connectivity index (χ2v) is 11.0. The summed E-state index contributed by atoms with van der Waals surface area (Å²) in [5.74, 6) is 0.767. The van der Waals surface area contributed by atoms with E-state index < -0.39 is 30.0 Å². The fourth-order valence-electron chi connectivity index (χ4n) is 5.71. The van der Waals surface area contributed by atoms with E-state index in [1.807, 2.05) is 17.9 Å². The number of carbonyl (C=O) groups excluding carboxylic acids is 2. The molecule has 2 aromatic rings. The van der Waals surface area contributed by atoms with Gasteiger partial charge in [-0.1, -0.05) is 11.6 Å². The van der Waals surface area contributed by atoms with E-state index >= 15 is 0 Å². The monoisotopic (exact) mass is 561 g/mol. The number of nitrogens with zero attached hydrogens (tertiary/aromatic N) is 5. The van der Waals surface area contributed by atoms with Gasteiger partial charge in [0.1, 0.15) is 11.9 Å². The molecule has 0 spiro atoms. The summed E-state index contributed by atoms with van der Waals surface area (Å²) in [5.41, 5.74) is 1.80. The molecular formula is C29H38F3N5O3. The first kappa shape index (κ1) is 29.5. The second kappa shape index (κ2) is 11.5. The SMILES string of the molecule is CCN(c1ncc(C)cc1CN1C(=O)O[C@H](c2cc(C)cc(C(F)(F)F)c2)[C@@H]1C)C1CCN(C(=O)N(C)C)CC1. The number of urea groups is 1. The minimum absolute atomic E-state index is 0.00250. The van der Waals surface area contributed by atoms with Crippen molar-refractivity contribution < 1.29 is 27.5 Å². The Morgan fingerprint density at radius 1 is 1.10 bits per heavy atom. The number of hydrogen-bond donors (Lipinski definition) is 0. The van der Waals surface area contributed by atoms with Crippen molar-refractivity contribution in [1.29, 1.82) is 0 Å². The Balaban J connectivity index is 1.56. The maximum absolute atomic E-state index is 13.5. The maximum Gasteiger partial charge on any atom is 0.416 e. The Morgan fingerprint density at radius 3 is 2.38 bits per heavy atom. The van der Waals surface area contributed by atoms with Crippen LogP contribution in [0.5, 0.6) is 0 Å². The van der Waals surface area contributed by atoms with Crippen molar-refractivity contribution in [1.82, 2.24) is 19.7 Å². The summed E-state index contributed by atoms with van der Waals surface area (Å²) in [4.78, 5) is 37.4. The number of hydrogen-bond acceptors (Lipinski definition) is 5. The highest BCUT2D eigenvalue weighted by molar-refractivity contribution is 5.74. The summed E-state index contributed by atoms with van der Waals surface area (Å²) >= 11 is 0. The molecule has 2 aliphatic rings. The molecule has 4 rings (SSSR count). The lowest BCUT2D eigenvalue weighted by atomic mass is 9.98. The van der Waals surface area contributed by atoms with Gasteiger partial charge in [-0.15, -0.1) is 0 Å². The standard InChI is InChI=1S/C29H38F3N5O3/c1-7-36(24-8-10-35(11-9-24)27(38)34(5)6)26-22(13-19(3)16-33-26)17-37-20(4)25(40-28(37)39)21-12-18(2)14-23(15-21)29(30,31)32/h12-16,20,24-25H,7-11,17H2,1-6H3/t20-,25-/m0/s1. The lowest BCUT2D eigenvalue weighted by Gasteiger charge is -2.40. The predicted octanol–water partition coefficient (Wildman–Crippen LogP) is 5.77. The molecule has 0 aliphatic carbocycles. The van der Waals surface area contributed by atoms with E-state index in [4.69, 9.17) is 9.72 Å². The minimum atomic E-state index is -4.49. The van der Waals surface area contributed by atoms with Crippen LogP contribution >= 0.6 is 0 Å². The largest absolute Gasteiger partial charge is 0.439 e. The van der Waals surface area contributed by atoms with E-state index in [1.54, 1.807) is 50.0 Å². The Labute approximate surface area is 233 Å². The molecule has 3 heterocycles. The Bertz CT molecular complexity index is 1240. The third-order valence-corrected chi connectivity index (χ3v) is 7.74. The van der Waals surface area contributed by atoms with E-state index in [2.05, 4.69) is 11.8 Å². The van der Waals surface area contributed by atoms with Crippen LogP contribution in [0.1, 0.15) is 60.6 Å². The molecule has 0 N–H and O–H groups in total. The zero-order chi connectivity index (χ0) is 29.4. The van der Waals surface area contributed by atoms with Crippen LogP contribution in [0.15, 0.2) is 30.5 Å². The quantitative estimate of drug-likeness (QED) is 0.448. The summed E-state index contributed by atoms with van der Waals surface area (Å²) in [6.07, 6.45) is -2.50. The normalized spacial score (nSPS) is 20.1. The molecule has 1 aromatic carbocycles. The van der Waals surface area contributed by atoms with Crippen molar-refractivity contribution >= 4 is 17.9 Å². The van der Waals surface area contributed by atoms with Crippen molar-refractivity contribution in [3.05, 3.63) is 58.3 Å². The van der Waals surface area contributed by atoms with E-state index in [-0.39, 0.29) is 18.6 Å². The number of pyridine rings is 1. The van der Waals surface area contributed by atoms with Crippen LogP contribution in [0.4, 0.5) is 28.6 Å². The van der Waals surface area contributed by atoms with E-state index in [0.29, 0.717) is 30.8 Å². The molecule has 2 atom stereocenters. The maximum atomic E-state index is 13.5. The summed E-state index contributed by atoms with van der Waals surface area (Å²) < 4.78 is 46.0. The molecule has 1 aromatic heterocycles. The van der Waals surface area contributed by atoms with Gasteiger partial charge in [0.15, 0.2) is 0 Å². The number of ether oxygens (including phenoxy) is 1. The smallest absolute Gasteiger partial charge is 0.416 e. The number of anilines is 1. The molecular weight excluding hydrogens is 523 g/mol. The zero-order valence-corrected chi connectivity index (χ0v) is 24.0. The number of piperidine rings is 1.